The van der Waals surface area contributed by atoms with Crippen LogP contribution in [-0.2, 0) is 5.41 Å². The van der Waals surface area contributed by atoms with Gasteiger partial charge in [-0.3, -0.25) is 4.98 Å². The average Bonchev–Trinajstić information content (AvgIpc) is 2.70. The maximum absolute atomic E-state index is 4.21. The molecule has 1 atom stereocenters. The summed E-state index contributed by atoms with van der Waals surface area (Å²) in [5.41, 5.74) is 1.70. The highest BCUT2D eigenvalue weighted by Crippen LogP contribution is 2.34. The van der Waals surface area contributed by atoms with E-state index in [0.29, 0.717) is 5.41 Å². The second-order valence-corrected chi connectivity index (χ2v) is 4.68. The maximum Gasteiger partial charge on any atom is 0.0306 e. The number of rotatable bonds is 3. The normalized spacial score (nSPS) is 26.6. The van der Waals surface area contributed by atoms with Gasteiger partial charge in [0.25, 0.3) is 0 Å². The van der Waals surface area contributed by atoms with E-state index in [-0.39, 0.29) is 0 Å². The quantitative estimate of drug-likeness (QED) is 0.836. The molecule has 1 fully saturated rings. The van der Waals surface area contributed by atoms with Gasteiger partial charge in [0.15, 0.2) is 0 Å². The lowest BCUT2D eigenvalue weighted by molar-refractivity contribution is 0.457. The third-order valence-electron chi connectivity index (χ3n) is 3.09. The topological polar surface area (TPSA) is 24.9 Å². The molecule has 1 aliphatic heterocycles. The fraction of sp³-hybridized carbons (Fsp3) is 0.545. The van der Waals surface area contributed by atoms with Gasteiger partial charge >= 0.3 is 0 Å². The minimum atomic E-state index is 0.317. The Morgan fingerprint density at radius 1 is 1.57 bits per heavy atom. The van der Waals surface area contributed by atoms with Gasteiger partial charge in [0, 0.05) is 29.7 Å². The van der Waals surface area contributed by atoms with Gasteiger partial charge < -0.3 is 5.32 Å². The largest absolute Gasteiger partial charge is 0.316 e. The molecule has 0 radical (unpaired) electrons. The Labute approximate surface area is 93.3 Å². The molecule has 1 unspecified atom stereocenters. The highest BCUT2D eigenvalue weighted by atomic mass is 79.9. The highest BCUT2D eigenvalue weighted by molar-refractivity contribution is 9.09. The molecule has 2 rings (SSSR count). The summed E-state index contributed by atoms with van der Waals surface area (Å²) < 4.78 is 0. The predicted molar refractivity (Wildman–Crippen MR) is 61.8 cm³/mol. The number of hydrogen-bond acceptors (Lipinski definition) is 2. The SMILES string of the molecule is BrCCC1(c2cccnc2)CCNC1. The number of pyridine rings is 1. The fourth-order valence-electron chi connectivity index (χ4n) is 2.21. The number of hydrogen-bond donors (Lipinski definition) is 1. The summed E-state index contributed by atoms with van der Waals surface area (Å²) in [7, 11) is 0. The Bertz CT molecular complexity index is 281. The number of alkyl halides is 1. The molecule has 2 nitrogen and oxygen atoms in total. The van der Waals surface area contributed by atoms with Gasteiger partial charge in [0.2, 0.25) is 0 Å². The van der Waals surface area contributed by atoms with Crippen LogP contribution in [0.2, 0.25) is 0 Å². The van der Waals surface area contributed by atoms with E-state index < -0.39 is 0 Å². The monoisotopic (exact) mass is 254 g/mol. The number of aromatic nitrogens is 1. The highest BCUT2D eigenvalue weighted by Gasteiger charge is 2.34. The van der Waals surface area contributed by atoms with E-state index in [2.05, 4.69) is 32.3 Å². The first-order valence-corrected chi connectivity index (χ1v) is 6.17. The summed E-state index contributed by atoms with van der Waals surface area (Å²) in [4.78, 5) is 4.21. The summed E-state index contributed by atoms with van der Waals surface area (Å²) in [6.45, 7) is 2.21. The summed E-state index contributed by atoms with van der Waals surface area (Å²) in [5, 5.41) is 4.51. The Kier molecular flexibility index (Phi) is 3.19. The van der Waals surface area contributed by atoms with Gasteiger partial charge in [0.05, 0.1) is 0 Å². The van der Waals surface area contributed by atoms with Gasteiger partial charge in [-0.1, -0.05) is 22.0 Å². The first-order valence-electron chi connectivity index (χ1n) is 5.05. The molecular formula is C11H15BrN2. The van der Waals surface area contributed by atoms with Gasteiger partial charge in [-0.15, -0.1) is 0 Å². The lowest BCUT2D eigenvalue weighted by Gasteiger charge is -2.27. The smallest absolute Gasteiger partial charge is 0.0306 e. The van der Waals surface area contributed by atoms with Crippen LogP contribution in [0.5, 0.6) is 0 Å². The van der Waals surface area contributed by atoms with Crippen molar-refractivity contribution < 1.29 is 0 Å². The Hall–Kier alpha value is -0.410. The van der Waals surface area contributed by atoms with Crippen LogP contribution in [0, 0.1) is 0 Å². The summed E-state index contributed by atoms with van der Waals surface area (Å²) >= 11 is 3.54. The van der Waals surface area contributed by atoms with E-state index in [1.165, 1.54) is 18.4 Å². The lowest BCUT2D eigenvalue weighted by Crippen LogP contribution is -2.29. The van der Waals surface area contributed by atoms with Gasteiger partial charge in [-0.25, -0.2) is 0 Å². The summed E-state index contributed by atoms with van der Waals surface area (Å²) in [6, 6.07) is 4.23. The Morgan fingerprint density at radius 3 is 3.07 bits per heavy atom. The molecule has 14 heavy (non-hydrogen) atoms. The van der Waals surface area contributed by atoms with Crippen LogP contribution in [0.3, 0.4) is 0 Å². The van der Waals surface area contributed by atoms with Crippen LogP contribution in [0.4, 0.5) is 0 Å². The van der Waals surface area contributed by atoms with E-state index in [0.717, 1.165) is 18.4 Å². The predicted octanol–water partition coefficient (Wildman–Crippen LogP) is 2.10. The molecule has 1 aromatic heterocycles. The molecule has 1 N–H and O–H groups in total. The first kappa shape index (κ1) is 10.1. The molecule has 1 aliphatic rings. The molecular weight excluding hydrogens is 240 g/mol. The molecule has 76 valence electrons. The molecule has 0 amide bonds. The molecule has 0 aliphatic carbocycles. The number of halogens is 1. The zero-order valence-electron chi connectivity index (χ0n) is 8.17. The van der Waals surface area contributed by atoms with Crippen molar-refractivity contribution in [3.05, 3.63) is 30.1 Å². The zero-order chi connectivity index (χ0) is 9.86. The van der Waals surface area contributed by atoms with Crippen molar-refractivity contribution in [1.29, 1.82) is 0 Å². The second-order valence-electron chi connectivity index (χ2n) is 3.89. The van der Waals surface area contributed by atoms with Crippen LogP contribution < -0.4 is 5.32 Å². The van der Waals surface area contributed by atoms with Crippen molar-refractivity contribution in [2.75, 3.05) is 18.4 Å². The molecule has 2 heterocycles. The third kappa shape index (κ3) is 1.84. The Morgan fingerprint density at radius 2 is 2.50 bits per heavy atom. The summed E-state index contributed by atoms with van der Waals surface area (Å²) in [6.07, 6.45) is 6.26. The molecule has 1 saturated heterocycles. The fourth-order valence-corrected chi connectivity index (χ4v) is 2.96. The van der Waals surface area contributed by atoms with Crippen molar-refractivity contribution in [3.63, 3.8) is 0 Å². The second kappa shape index (κ2) is 4.41. The van der Waals surface area contributed by atoms with E-state index in [4.69, 9.17) is 0 Å². The Balaban J connectivity index is 2.27. The van der Waals surface area contributed by atoms with E-state index in [9.17, 15) is 0 Å². The van der Waals surface area contributed by atoms with E-state index in [1.807, 2.05) is 18.5 Å². The van der Waals surface area contributed by atoms with Crippen molar-refractivity contribution >= 4 is 15.9 Å². The van der Waals surface area contributed by atoms with Crippen molar-refractivity contribution in [3.8, 4) is 0 Å². The van der Waals surface area contributed by atoms with E-state index >= 15 is 0 Å². The lowest BCUT2D eigenvalue weighted by atomic mass is 9.78. The van der Waals surface area contributed by atoms with Gasteiger partial charge in [-0.05, 0) is 31.0 Å². The van der Waals surface area contributed by atoms with Crippen molar-refractivity contribution in [1.82, 2.24) is 10.3 Å². The van der Waals surface area contributed by atoms with Crippen LogP contribution in [0.1, 0.15) is 18.4 Å². The first-order chi connectivity index (χ1) is 6.87. The molecule has 3 heteroatoms. The van der Waals surface area contributed by atoms with Crippen LogP contribution in [0.25, 0.3) is 0 Å². The van der Waals surface area contributed by atoms with Gasteiger partial charge in [0.1, 0.15) is 0 Å². The van der Waals surface area contributed by atoms with Gasteiger partial charge in [-0.2, -0.15) is 0 Å². The van der Waals surface area contributed by atoms with Crippen LogP contribution in [-0.4, -0.2) is 23.4 Å². The zero-order valence-corrected chi connectivity index (χ0v) is 9.76. The van der Waals surface area contributed by atoms with Crippen molar-refractivity contribution in [2.45, 2.75) is 18.3 Å². The molecule has 0 aromatic carbocycles. The molecule has 0 spiro atoms. The average molecular weight is 255 g/mol. The molecule has 1 aromatic rings. The van der Waals surface area contributed by atoms with Crippen LogP contribution in [0.15, 0.2) is 24.5 Å². The maximum atomic E-state index is 4.21. The minimum absolute atomic E-state index is 0.317. The van der Waals surface area contributed by atoms with E-state index in [1.54, 1.807) is 0 Å². The molecule has 0 bridgehead atoms. The van der Waals surface area contributed by atoms with Crippen molar-refractivity contribution in [2.24, 2.45) is 0 Å². The summed E-state index contributed by atoms with van der Waals surface area (Å²) in [5.74, 6) is 0. The third-order valence-corrected chi connectivity index (χ3v) is 3.49. The standard InChI is InChI=1S/C11H15BrN2/c12-5-3-11(4-7-14-9-11)10-2-1-6-13-8-10/h1-2,6,8,14H,3-5,7,9H2. The minimum Gasteiger partial charge on any atom is -0.316 e. The molecule has 0 saturated carbocycles. The number of nitrogens with one attached hydrogen (secondary N) is 1. The number of nitrogens with zero attached hydrogens (tertiary/aromatic N) is 1. The van der Waals surface area contributed by atoms with Crippen LogP contribution >= 0.6 is 15.9 Å².